The first-order valence-electron chi connectivity index (χ1n) is 8.62. The second kappa shape index (κ2) is 6.63. The molecule has 26 heavy (non-hydrogen) atoms. The van der Waals surface area contributed by atoms with Crippen LogP contribution in [0.2, 0.25) is 0 Å². The highest BCUT2D eigenvalue weighted by Gasteiger charge is 2.23. The number of aromatic nitrogens is 2. The van der Waals surface area contributed by atoms with Gasteiger partial charge in [0.25, 0.3) is 5.56 Å². The van der Waals surface area contributed by atoms with E-state index >= 15 is 0 Å². The highest BCUT2D eigenvalue weighted by atomic mass is 16.5. The van der Waals surface area contributed by atoms with Crippen LogP contribution >= 0.6 is 0 Å². The Morgan fingerprint density at radius 1 is 1.19 bits per heavy atom. The molecule has 0 radical (unpaired) electrons. The van der Waals surface area contributed by atoms with Crippen LogP contribution in [0.5, 0.6) is 5.75 Å². The van der Waals surface area contributed by atoms with Crippen molar-refractivity contribution in [2.45, 2.75) is 19.9 Å². The highest BCUT2D eigenvalue weighted by Crippen LogP contribution is 2.31. The van der Waals surface area contributed by atoms with Gasteiger partial charge in [0.2, 0.25) is 5.91 Å². The van der Waals surface area contributed by atoms with E-state index in [1.807, 2.05) is 43.3 Å². The standard InChI is InChI=1S/C20H19N3O3/c1-14-5-4-6-15-19(14)21-13-22(20(15)25)10-9-18(24)23-11-12-26-17-8-3-2-7-16(17)23/h2-8,13H,9-12H2,1H3. The minimum atomic E-state index is -0.117. The zero-order valence-electron chi connectivity index (χ0n) is 14.5. The molecule has 0 N–H and O–H groups in total. The lowest BCUT2D eigenvalue weighted by molar-refractivity contribution is -0.119. The molecule has 2 aromatic carbocycles. The van der Waals surface area contributed by atoms with Gasteiger partial charge >= 0.3 is 0 Å². The van der Waals surface area contributed by atoms with E-state index in [-0.39, 0.29) is 17.9 Å². The number of benzene rings is 2. The number of carbonyl (C=O) groups excluding carboxylic acids is 1. The van der Waals surface area contributed by atoms with Crippen LogP contribution in [0.15, 0.2) is 53.6 Å². The van der Waals surface area contributed by atoms with Crippen molar-refractivity contribution >= 4 is 22.5 Å². The zero-order valence-corrected chi connectivity index (χ0v) is 14.5. The summed E-state index contributed by atoms with van der Waals surface area (Å²) in [6.45, 7) is 3.21. The van der Waals surface area contributed by atoms with Crippen LogP contribution in [-0.2, 0) is 11.3 Å². The molecule has 2 heterocycles. The van der Waals surface area contributed by atoms with Crippen molar-refractivity contribution < 1.29 is 9.53 Å². The second-order valence-corrected chi connectivity index (χ2v) is 6.33. The van der Waals surface area contributed by atoms with Crippen LogP contribution < -0.4 is 15.2 Å². The van der Waals surface area contributed by atoms with Gasteiger partial charge in [-0.05, 0) is 30.7 Å². The van der Waals surface area contributed by atoms with Crippen molar-refractivity contribution in [3.8, 4) is 5.75 Å². The molecule has 1 aliphatic rings. The summed E-state index contributed by atoms with van der Waals surface area (Å²) in [5, 5.41) is 0.580. The molecule has 0 fully saturated rings. The van der Waals surface area contributed by atoms with E-state index in [1.165, 1.54) is 10.9 Å². The molecule has 3 aromatic rings. The van der Waals surface area contributed by atoms with Crippen molar-refractivity contribution in [3.05, 3.63) is 64.7 Å². The molecule has 4 rings (SSSR count). The lowest BCUT2D eigenvalue weighted by Gasteiger charge is -2.29. The van der Waals surface area contributed by atoms with Gasteiger partial charge in [-0.1, -0.05) is 24.3 Å². The van der Waals surface area contributed by atoms with E-state index in [1.54, 1.807) is 11.0 Å². The van der Waals surface area contributed by atoms with E-state index in [0.29, 0.717) is 36.3 Å². The van der Waals surface area contributed by atoms with Gasteiger partial charge in [-0.2, -0.15) is 0 Å². The third kappa shape index (κ3) is 2.83. The number of amides is 1. The molecular formula is C20H19N3O3. The van der Waals surface area contributed by atoms with Crippen molar-refractivity contribution in [2.24, 2.45) is 0 Å². The van der Waals surface area contributed by atoms with E-state index in [4.69, 9.17) is 4.74 Å². The molecule has 132 valence electrons. The van der Waals surface area contributed by atoms with Crippen LogP contribution in [0.1, 0.15) is 12.0 Å². The number of anilines is 1. The van der Waals surface area contributed by atoms with Crippen LogP contribution in [0, 0.1) is 6.92 Å². The molecule has 0 aliphatic carbocycles. The largest absolute Gasteiger partial charge is 0.490 e. The maximum atomic E-state index is 12.7. The average molecular weight is 349 g/mol. The molecule has 0 bridgehead atoms. The minimum Gasteiger partial charge on any atom is -0.490 e. The van der Waals surface area contributed by atoms with Gasteiger partial charge in [-0.3, -0.25) is 14.2 Å². The monoisotopic (exact) mass is 349 g/mol. The van der Waals surface area contributed by atoms with Crippen molar-refractivity contribution in [3.63, 3.8) is 0 Å². The van der Waals surface area contributed by atoms with Gasteiger partial charge in [0.1, 0.15) is 12.4 Å². The molecule has 0 saturated carbocycles. The van der Waals surface area contributed by atoms with Gasteiger partial charge in [-0.25, -0.2) is 4.98 Å². The highest BCUT2D eigenvalue weighted by molar-refractivity contribution is 5.95. The fourth-order valence-electron chi connectivity index (χ4n) is 3.28. The number of carbonyl (C=O) groups is 1. The van der Waals surface area contributed by atoms with Crippen LogP contribution in [-0.4, -0.2) is 28.6 Å². The molecule has 1 aromatic heterocycles. The molecule has 0 atom stereocenters. The summed E-state index contributed by atoms with van der Waals surface area (Å²) in [5.74, 6) is 0.684. The van der Waals surface area contributed by atoms with E-state index in [9.17, 15) is 9.59 Å². The summed E-state index contributed by atoms with van der Waals surface area (Å²) in [7, 11) is 0. The first kappa shape index (κ1) is 16.3. The number of hydrogen-bond donors (Lipinski definition) is 0. The predicted molar refractivity (Wildman–Crippen MR) is 99.6 cm³/mol. The lowest BCUT2D eigenvalue weighted by Crippen LogP contribution is -2.38. The van der Waals surface area contributed by atoms with Crippen molar-refractivity contribution in [2.75, 3.05) is 18.1 Å². The van der Waals surface area contributed by atoms with E-state index in [2.05, 4.69) is 4.98 Å². The number of para-hydroxylation sites is 3. The fraction of sp³-hybridized carbons (Fsp3) is 0.250. The van der Waals surface area contributed by atoms with Gasteiger partial charge < -0.3 is 9.64 Å². The number of fused-ring (bicyclic) bond motifs is 2. The van der Waals surface area contributed by atoms with E-state index in [0.717, 1.165) is 11.3 Å². The van der Waals surface area contributed by atoms with Crippen LogP contribution in [0.3, 0.4) is 0 Å². The average Bonchev–Trinajstić information content (AvgIpc) is 2.67. The Morgan fingerprint density at radius 2 is 2.04 bits per heavy atom. The first-order valence-corrected chi connectivity index (χ1v) is 8.62. The molecule has 0 spiro atoms. The number of ether oxygens (including phenoxy) is 1. The molecule has 1 aliphatic heterocycles. The number of aryl methyl sites for hydroxylation is 2. The minimum absolute atomic E-state index is 0.0306. The van der Waals surface area contributed by atoms with E-state index < -0.39 is 0 Å². The Labute approximate surface area is 150 Å². The number of nitrogens with zero attached hydrogens (tertiary/aromatic N) is 3. The Hall–Kier alpha value is -3.15. The quantitative estimate of drug-likeness (QED) is 0.729. The van der Waals surface area contributed by atoms with Crippen molar-refractivity contribution in [1.82, 2.24) is 9.55 Å². The summed E-state index contributed by atoms with van der Waals surface area (Å²) in [5.41, 5.74) is 2.34. The Kier molecular flexibility index (Phi) is 4.16. The van der Waals surface area contributed by atoms with Gasteiger partial charge in [-0.15, -0.1) is 0 Å². The molecule has 6 heteroatoms. The Bertz CT molecular complexity index is 1040. The second-order valence-electron chi connectivity index (χ2n) is 6.33. The SMILES string of the molecule is Cc1cccc2c(=O)n(CCC(=O)N3CCOc4ccccc43)cnc12. The van der Waals surface area contributed by atoms with Crippen LogP contribution in [0.25, 0.3) is 10.9 Å². The third-order valence-electron chi connectivity index (χ3n) is 4.65. The maximum Gasteiger partial charge on any atom is 0.261 e. The predicted octanol–water partition coefficient (Wildman–Crippen LogP) is 2.52. The van der Waals surface area contributed by atoms with Crippen molar-refractivity contribution in [1.29, 1.82) is 0 Å². The smallest absolute Gasteiger partial charge is 0.261 e. The lowest BCUT2D eigenvalue weighted by atomic mass is 10.1. The van der Waals surface area contributed by atoms with Gasteiger partial charge in [0.05, 0.1) is 29.5 Å². The van der Waals surface area contributed by atoms with Gasteiger partial charge in [0.15, 0.2) is 0 Å². The maximum absolute atomic E-state index is 12.7. The first-order chi connectivity index (χ1) is 12.6. The molecular weight excluding hydrogens is 330 g/mol. The van der Waals surface area contributed by atoms with Gasteiger partial charge in [0, 0.05) is 13.0 Å². The summed E-state index contributed by atoms with van der Waals surface area (Å²) in [6, 6.07) is 13.0. The molecule has 1 amide bonds. The molecule has 0 unspecified atom stereocenters. The number of rotatable bonds is 3. The summed E-state index contributed by atoms with van der Waals surface area (Å²) in [4.78, 5) is 31.5. The zero-order chi connectivity index (χ0) is 18.1. The third-order valence-corrected chi connectivity index (χ3v) is 4.65. The topological polar surface area (TPSA) is 64.4 Å². The normalized spacial score (nSPS) is 13.3. The number of hydrogen-bond acceptors (Lipinski definition) is 4. The Balaban J connectivity index is 1.55. The van der Waals surface area contributed by atoms with Crippen LogP contribution in [0.4, 0.5) is 5.69 Å². The summed E-state index contributed by atoms with van der Waals surface area (Å²) >= 11 is 0. The summed E-state index contributed by atoms with van der Waals surface area (Å²) < 4.78 is 7.09. The molecule has 0 saturated heterocycles. The fourth-order valence-corrected chi connectivity index (χ4v) is 3.28. The Morgan fingerprint density at radius 3 is 2.92 bits per heavy atom. The summed E-state index contributed by atoms with van der Waals surface area (Å²) in [6.07, 6.45) is 1.76. The molecule has 6 nitrogen and oxygen atoms in total.